The topological polar surface area (TPSA) is 81.0 Å². The van der Waals surface area contributed by atoms with E-state index < -0.39 is 5.97 Å². The van der Waals surface area contributed by atoms with Crippen molar-refractivity contribution in [3.63, 3.8) is 0 Å². The molecular formula is C16H33NO4. The Morgan fingerprint density at radius 3 is 1.95 bits per heavy atom. The third kappa shape index (κ3) is 7.79. The van der Waals surface area contributed by atoms with Crippen molar-refractivity contribution >= 4 is 5.97 Å². The molecule has 0 bridgehead atoms. The van der Waals surface area contributed by atoms with Gasteiger partial charge in [-0.05, 0) is 47.0 Å². The summed E-state index contributed by atoms with van der Waals surface area (Å²) in [6.45, 7) is 9.88. The van der Waals surface area contributed by atoms with Gasteiger partial charge in [0.05, 0.1) is 6.10 Å². The molecule has 3 N–H and O–H groups in total. The summed E-state index contributed by atoms with van der Waals surface area (Å²) in [5.74, 6) is -0.675. The van der Waals surface area contributed by atoms with E-state index in [9.17, 15) is 15.1 Å². The molecule has 1 aliphatic rings. The molecule has 5 heteroatoms. The van der Waals surface area contributed by atoms with Crippen LogP contribution in [0.15, 0.2) is 0 Å². The van der Waals surface area contributed by atoms with Crippen LogP contribution in [0.4, 0.5) is 0 Å². The van der Waals surface area contributed by atoms with Gasteiger partial charge in [0.1, 0.15) is 0 Å². The van der Waals surface area contributed by atoms with E-state index in [1.165, 1.54) is 11.5 Å². The minimum absolute atomic E-state index is 0.293. The molecule has 1 saturated heterocycles. The first-order chi connectivity index (χ1) is 9.53. The van der Waals surface area contributed by atoms with E-state index in [0.717, 1.165) is 19.3 Å². The maximum absolute atomic E-state index is 9.96. The van der Waals surface area contributed by atoms with Crippen molar-refractivity contribution < 1.29 is 20.2 Å². The minimum Gasteiger partial charge on any atom is -0.481 e. The van der Waals surface area contributed by atoms with Gasteiger partial charge in [-0.1, -0.05) is 26.2 Å². The van der Waals surface area contributed by atoms with Crippen molar-refractivity contribution in [2.75, 3.05) is 0 Å². The predicted octanol–water partition coefficient (Wildman–Crippen LogP) is 3.43. The number of aliphatic hydroxyl groups is 1. The number of rotatable bonds is 5. The third-order valence-corrected chi connectivity index (χ3v) is 3.86. The van der Waals surface area contributed by atoms with Crippen LogP contribution in [0, 0.1) is 0 Å². The van der Waals surface area contributed by atoms with Crippen LogP contribution in [-0.2, 0) is 4.79 Å². The fourth-order valence-corrected chi connectivity index (χ4v) is 2.92. The van der Waals surface area contributed by atoms with Crippen LogP contribution in [0.3, 0.4) is 0 Å². The minimum atomic E-state index is -0.675. The number of aliphatic hydroxyl groups excluding tert-OH is 1. The quantitative estimate of drug-likeness (QED) is 0.678. The van der Waals surface area contributed by atoms with Gasteiger partial charge in [-0.25, -0.2) is 0 Å². The van der Waals surface area contributed by atoms with Crippen LogP contribution in [0.5, 0.6) is 0 Å². The number of piperidine rings is 1. The lowest BCUT2D eigenvalue weighted by molar-refractivity contribution is -0.257. The van der Waals surface area contributed by atoms with Gasteiger partial charge >= 0.3 is 5.97 Å². The number of aliphatic carboxylic acids is 1. The van der Waals surface area contributed by atoms with E-state index in [0.29, 0.717) is 19.3 Å². The maximum Gasteiger partial charge on any atom is 0.303 e. The highest BCUT2D eigenvalue weighted by Crippen LogP contribution is 2.36. The number of carboxylic acids is 1. The van der Waals surface area contributed by atoms with Crippen molar-refractivity contribution in [1.82, 2.24) is 5.06 Å². The molecule has 0 aromatic rings. The number of carboxylic acid groups (broad SMARTS) is 1. The molecule has 0 aliphatic carbocycles. The summed E-state index contributed by atoms with van der Waals surface area (Å²) >= 11 is 0. The first-order valence-electron chi connectivity index (χ1n) is 7.92. The average Bonchev–Trinajstić information content (AvgIpc) is 2.31. The average molecular weight is 303 g/mol. The van der Waals surface area contributed by atoms with Gasteiger partial charge in [0.25, 0.3) is 0 Å². The normalized spacial score (nSPS) is 21.5. The second-order valence-electron chi connectivity index (χ2n) is 7.20. The van der Waals surface area contributed by atoms with Gasteiger partial charge in [-0.15, -0.1) is 0 Å². The fraction of sp³-hybridized carbons (Fsp3) is 0.938. The molecule has 0 radical (unpaired) electrons. The van der Waals surface area contributed by atoms with Gasteiger partial charge in [0, 0.05) is 17.5 Å². The molecule has 1 fully saturated rings. The highest BCUT2D eigenvalue weighted by atomic mass is 16.5. The summed E-state index contributed by atoms with van der Waals surface area (Å²) < 4.78 is 0. The zero-order valence-corrected chi connectivity index (χ0v) is 14.2. The fourth-order valence-electron chi connectivity index (χ4n) is 2.92. The Morgan fingerprint density at radius 1 is 1.10 bits per heavy atom. The Hall–Kier alpha value is -0.650. The van der Waals surface area contributed by atoms with E-state index in [2.05, 4.69) is 6.92 Å². The Labute approximate surface area is 128 Å². The van der Waals surface area contributed by atoms with E-state index in [1.54, 1.807) is 0 Å². The molecule has 21 heavy (non-hydrogen) atoms. The molecule has 0 amide bonds. The molecule has 5 nitrogen and oxygen atoms in total. The predicted molar refractivity (Wildman–Crippen MR) is 83.4 cm³/mol. The molecule has 1 rings (SSSR count). The van der Waals surface area contributed by atoms with E-state index >= 15 is 0 Å². The molecule has 126 valence electrons. The van der Waals surface area contributed by atoms with Crippen molar-refractivity contribution in [3.05, 3.63) is 0 Å². The summed E-state index contributed by atoms with van der Waals surface area (Å²) in [7, 11) is 0. The Kier molecular flexibility index (Phi) is 8.44. The highest BCUT2D eigenvalue weighted by molar-refractivity contribution is 5.66. The highest BCUT2D eigenvalue weighted by Gasteiger charge is 2.44. The van der Waals surface area contributed by atoms with Crippen molar-refractivity contribution in [3.8, 4) is 0 Å². The Balaban J connectivity index is 0.000000400. The molecule has 0 aromatic carbocycles. The number of hydrogen-bond donors (Lipinski definition) is 3. The standard InChI is InChI=1S/C9H19NO2.C7H14O2/c1-8(2)5-7(11)6-9(3,4)10(8)12;1-2-3-4-5-6-7(8)9/h7,11-12H,5-6H2,1-4H3;2-6H2,1H3,(H,8,9). The van der Waals surface area contributed by atoms with Crippen molar-refractivity contribution in [2.45, 2.75) is 96.7 Å². The number of carbonyl (C=O) groups is 1. The molecule has 1 heterocycles. The lowest BCUT2D eigenvalue weighted by atomic mass is 9.80. The monoisotopic (exact) mass is 303 g/mol. The van der Waals surface area contributed by atoms with Gasteiger partial charge in [-0.3, -0.25) is 4.79 Å². The van der Waals surface area contributed by atoms with Crippen molar-refractivity contribution in [2.24, 2.45) is 0 Å². The largest absolute Gasteiger partial charge is 0.481 e. The molecule has 0 spiro atoms. The number of nitrogens with zero attached hydrogens (tertiary/aromatic N) is 1. The van der Waals surface area contributed by atoms with E-state index in [1.807, 2.05) is 27.7 Å². The lowest BCUT2D eigenvalue weighted by Crippen LogP contribution is -2.60. The first kappa shape index (κ1) is 20.3. The van der Waals surface area contributed by atoms with Gasteiger partial charge in [-0.2, -0.15) is 5.06 Å². The van der Waals surface area contributed by atoms with E-state index in [-0.39, 0.29) is 17.2 Å². The smallest absolute Gasteiger partial charge is 0.303 e. The van der Waals surface area contributed by atoms with Crippen LogP contribution >= 0.6 is 0 Å². The Morgan fingerprint density at radius 2 is 1.57 bits per heavy atom. The molecule has 0 saturated carbocycles. The van der Waals surface area contributed by atoms with Crippen LogP contribution in [0.1, 0.15) is 79.6 Å². The number of unbranched alkanes of at least 4 members (excludes halogenated alkanes) is 3. The summed E-state index contributed by atoms with van der Waals surface area (Å²) in [6, 6.07) is 0. The van der Waals surface area contributed by atoms with Gasteiger partial charge in [0.15, 0.2) is 0 Å². The van der Waals surface area contributed by atoms with Gasteiger partial charge in [0.2, 0.25) is 0 Å². The zero-order chi connectivity index (χ0) is 16.7. The molecule has 0 atom stereocenters. The lowest BCUT2D eigenvalue weighted by Gasteiger charge is -2.50. The maximum atomic E-state index is 9.96. The molecular weight excluding hydrogens is 270 g/mol. The zero-order valence-electron chi connectivity index (χ0n) is 14.2. The molecule has 1 aliphatic heterocycles. The number of hydroxylamine groups is 2. The third-order valence-electron chi connectivity index (χ3n) is 3.86. The van der Waals surface area contributed by atoms with Crippen LogP contribution in [0.25, 0.3) is 0 Å². The second-order valence-corrected chi connectivity index (χ2v) is 7.20. The Bertz CT molecular complexity index is 297. The van der Waals surface area contributed by atoms with E-state index in [4.69, 9.17) is 5.11 Å². The molecule has 0 unspecified atom stereocenters. The van der Waals surface area contributed by atoms with Gasteiger partial charge < -0.3 is 15.4 Å². The SMILES string of the molecule is CC1(C)CC(O)CC(C)(C)N1O.CCCCCCC(=O)O. The summed E-state index contributed by atoms with van der Waals surface area (Å²) in [5, 5.41) is 28.9. The second kappa shape index (κ2) is 8.71. The van der Waals surface area contributed by atoms with Crippen molar-refractivity contribution in [1.29, 1.82) is 0 Å². The summed E-state index contributed by atoms with van der Waals surface area (Å²) in [4.78, 5) is 9.96. The van der Waals surface area contributed by atoms with Crippen LogP contribution < -0.4 is 0 Å². The van der Waals surface area contributed by atoms with Crippen LogP contribution in [0.2, 0.25) is 0 Å². The summed E-state index contributed by atoms with van der Waals surface area (Å²) in [5.41, 5.74) is -0.637. The summed E-state index contributed by atoms with van der Waals surface area (Å²) in [6.07, 6.45) is 5.53. The van der Waals surface area contributed by atoms with Crippen LogP contribution in [-0.4, -0.2) is 43.6 Å². The first-order valence-corrected chi connectivity index (χ1v) is 7.92. The molecule has 0 aromatic heterocycles. The number of hydrogen-bond acceptors (Lipinski definition) is 4.